The molecule has 0 aliphatic carbocycles. The number of aliphatic carboxylic acids is 1. The van der Waals surface area contributed by atoms with E-state index in [9.17, 15) is 14.7 Å². The van der Waals surface area contributed by atoms with E-state index in [0.29, 0.717) is 23.7 Å². The second-order valence-electron chi connectivity index (χ2n) is 10.3. The minimum atomic E-state index is -0.692. The van der Waals surface area contributed by atoms with Crippen LogP contribution in [0.5, 0.6) is 17.2 Å². The Hall–Kier alpha value is -2.24. The van der Waals surface area contributed by atoms with E-state index in [1.54, 1.807) is 14.2 Å². The predicted molar refractivity (Wildman–Crippen MR) is 150 cm³/mol. The van der Waals surface area contributed by atoms with Crippen molar-refractivity contribution in [3.8, 4) is 17.2 Å². The molecule has 0 saturated carbocycles. The van der Waals surface area contributed by atoms with E-state index in [0.717, 1.165) is 88.2 Å². The lowest BCUT2D eigenvalue weighted by Gasteiger charge is -2.15. The van der Waals surface area contributed by atoms with Crippen LogP contribution in [0.25, 0.3) is 0 Å². The molecular formula is C31H52O6. The number of Topliss-reactive ketones (excluding diaryl/α,β-unsaturated/α-hetero) is 1. The van der Waals surface area contributed by atoms with Crippen molar-refractivity contribution in [1.82, 2.24) is 0 Å². The summed E-state index contributed by atoms with van der Waals surface area (Å²) < 4.78 is 10.6. The first-order valence-corrected chi connectivity index (χ1v) is 14.6. The molecule has 0 saturated heterocycles. The van der Waals surface area contributed by atoms with Gasteiger partial charge in [-0.05, 0) is 50.7 Å². The van der Waals surface area contributed by atoms with E-state index in [1.165, 1.54) is 44.9 Å². The van der Waals surface area contributed by atoms with Gasteiger partial charge in [0.25, 0.3) is 0 Å². The molecule has 1 aromatic rings. The van der Waals surface area contributed by atoms with Gasteiger partial charge >= 0.3 is 5.97 Å². The summed E-state index contributed by atoms with van der Waals surface area (Å²) in [6.45, 7) is 2.00. The lowest BCUT2D eigenvalue weighted by Crippen LogP contribution is -1.98. The zero-order valence-corrected chi connectivity index (χ0v) is 23.7. The number of ether oxygens (including phenoxy) is 2. The van der Waals surface area contributed by atoms with Crippen molar-refractivity contribution in [3.05, 3.63) is 17.2 Å². The smallest absolute Gasteiger partial charge is 0.303 e. The summed E-state index contributed by atoms with van der Waals surface area (Å²) in [5.74, 6) is 0.905. The van der Waals surface area contributed by atoms with Gasteiger partial charge in [-0.1, -0.05) is 77.0 Å². The van der Waals surface area contributed by atoms with Crippen LogP contribution < -0.4 is 9.47 Å². The lowest BCUT2D eigenvalue weighted by atomic mass is 9.98. The Labute approximate surface area is 225 Å². The quantitative estimate of drug-likeness (QED) is 0.133. The number of phenols is 1. The van der Waals surface area contributed by atoms with E-state index >= 15 is 0 Å². The maximum absolute atomic E-state index is 12.1. The number of aromatic hydroxyl groups is 1. The number of carbonyl (C=O) groups is 2. The monoisotopic (exact) mass is 520 g/mol. The van der Waals surface area contributed by atoms with Crippen LogP contribution in [-0.4, -0.2) is 36.2 Å². The number of aryl methyl sites for hydroxylation is 1. The van der Waals surface area contributed by atoms with Crippen molar-refractivity contribution in [2.24, 2.45) is 0 Å². The molecule has 6 heteroatoms. The number of carbonyl (C=O) groups excluding carboxylic acids is 1. The molecule has 37 heavy (non-hydrogen) atoms. The molecular weight excluding hydrogens is 468 g/mol. The molecule has 0 heterocycles. The molecule has 0 radical (unpaired) electrons. The number of rotatable bonds is 24. The van der Waals surface area contributed by atoms with Crippen LogP contribution in [0.3, 0.4) is 0 Å². The maximum atomic E-state index is 12.1. The van der Waals surface area contributed by atoms with E-state index in [-0.39, 0.29) is 5.75 Å². The maximum Gasteiger partial charge on any atom is 0.303 e. The number of hydrogen-bond donors (Lipinski definition) is 2. The third-order valence-electron chi connectivity index (χ3n) is 7.20. The summed E-state index contributed by atoms with van der Waals surface area (Å²) in [4.78, 5) is 22.6. The molecule has 1 aromatic carbocycles. The fraction of sp³-hybridized carbons (Fsp3) is 0.742. The molecule has 0 aliphatic heterocycles. The molecule has 6 nitrogen and oxygen atoms in total. The highest BCUT2D eigenvalue weighted by molar-refractivity contribution is 5.78. The van der Waals surface area contributed by atoms with Crippen molar-refractivity contribution >= 4 is 11.8 Å². The van der Waals surface area contributed by atoms with Crippen LogP contribution in [0.4, 0.5) is 0 Å². The van der Waals surface area contributed by atoms with Gasteiger partial charge in [0.1, 0.15) is 5.78 Å². The summed E-state index contributed by atoms with van der Waals surface area (Å²) in [5, 5.41) is 19.1. The Morgan fingerprint density at radius 3 is 1.54 bits per heavy atom. The molecule has 0 spiro atoms. The molecule has 0 unspecified atom stereocenters. The van der Waals surface area contributed by atoms with Crippen molar-refractivity contribution in [3.63, 3.8) is 0 Å². The first-order valence-electron chi connectivity index (χ1n) is 14.6. The summed E-state index contributed by atoms with van der Waals surface area (Å²) >= 11 is 0. The first kappa shape index (κ1) is 32.8. The number of unbranched alkanes of at least 4 members (excludes halogenated alkanes) is 14. The van der Waals surface area contributed by atoms with Crippen molar-refractivity contribution in [2.75, 3.05) is 14.2 Å². The second kappa shape index (κ2) is 20.8. The van der Waals surface area contributed by atoms with Gasteiger partial charge in [-0.2, -0.15) is 0 Å². The third-order valence-corrected chi connectivity index (χ3v) is 7.20. The number of carboxylic acids is 1. The molecule has 0 aromatic heterocycles. The van der Waals surface area contributed by atoms with Crippen LogP contribution in [0.2, 0.25) is 0 Å². The van der Waals surface area contributed by atoms with Gasteiger partial charge in [0.15, 0.2) is 11.5 Å². The molecule has 0 amide bonds. The fourth-order valence-corrected chi connectivity index (χ4v) is 4.92. The SMILES string of the molecule is COc1cc(C)c(CCCCCCCCCC(=O)CCCCCCCCCCCC(=O)O)c(O)c1OC. The Balaban J connectivity index is 1.95. The summed E-state index contributed by atoms with van der Waals surface area (Å²) in [7, 11) is 3.12. The van der Waals surface area contributed by atoms with Gasteiger partial charge in [0.05, 0.1) is 14.2 Å². The fourth-order valence-electron chi connectivity index (χ4n) is 4.92. The van der Waals surface area contributed by atoms with E-state index in [4.69, 9.17) is 14.6 Å². The lowest BCUT2D eigenvalue weighted by molar-refractivity contribution is -0.137. The van der Waals surface area contributed by atoms with Crippen LogP contribution in [-0.2, 0) is 16.0 Å². The van der Waals surface area contributed by atoms with E-state index < -0.39 is 5.97 Å². The summed E-state index contributed by atoms with van der Waals surface area (Å²) in [6, 6.07) is 1.92. The summed E-state index contributed by atoms with van der Waals surface area (Å²) in [5.41, 5.74) is 1.97. The average molecular weight is 521 g/mol. The van der Waals surface area contributed by atoms with Gasteiger partial charge in [-0.15, -0.1) is 0 Å². The van der Waals surface area contributed by atoms with E-state index in [1.807, 2.05) is 13.0 Å². The number of hydrogen-bond acceptors (Lipinski definition) is 5. The molecule has 0 atom stereocenters. The second-order valence-corrected chi connectivity index (χ2v) is 10.3. The third kappa shape index (κ3) is 14.9. The predicted octanol–water partition coefficient (Wildman–Crippen LogP) is 8.33. The molecule has 0 aliphatic rings. The number of benzene rings is 1. The largest absolute Gasteiger partial charge is 0.504 e. The van der Waals surface area contributed by atoms with Crippen LogP contribution in [0.15, 0.2) is 6.07 Å². The number of phenolic OH excluding ortho intramolecular Hbond substituents is 1. The van der Waals surface area contributed by atoms with Crippen molar-refractivity contribution in [2.45, 2.75) is 135 Å². The molecule has 0 bridgehead atoms. The zero-order valence-electron chi connectivity index (χ0n) is 23.7. The minimum Gasteiger partial charge on any atom is -0.504 e. The van der Waals surface area contributed by atoms with Crippen molar-refractivity contribution in [1.29, 1.82) is 0 Å². The first-order chi connectivity index (χ1) is 17.9. The topological polar surface area (TPSA) is 93.1 Å². The molecule has 0 fully saturated rings. The molecule has 2 N–H and O–H groups in total. The Bertz CT molecular complexity index is 773. The molecule has 212 valence electrons. The summed E-state index contributed by atoms with van der Waals surface area (Å²) in [6.07, 6.45) is 20.4. The standard InChI is InChI=1S/C31H52O6/c1-25-24-28(36-2)31(37-3)30(35)27(25)22-18-14-10-7-9-13-17-21-26(32)20-16-12-8-5-4-6-11-15-19-23-29(33)34/h24,35H,4-23H2,1-3H3,(H,33,34). The Morgan fingerprint density at radius 2 is 1.11 bits per heavy atom. The highest BCUT2D eigenvalue weighted by Gasteiger charge is 2.16. The minimum absolute atomic E-state index is 0.200. The van der Waals surface area contributed by atoms with Crippen LogP contribution in [0.1, 0.15) is 133 Å². The number of carboxylic acid groups (broad SMARTS) is 1. The van der Waals surface area contributed by atoms with E-state index in [2.05, 4.69) is 0 Å². The van der Waals surface area contributed by atoms with Crippen LogP contribution in [0, 0.1) is 6.92 Å². The van der Waals surface area contributed by atoms with Gasteiger partial charge in [-0.25, -0.2) is 0 Å². The normalized spacial score (nSPS) is 11.0. The highest BCUT2D eigenvalue weighted by atomic mass is 16.5. The Kier molecular flexibility index (Phi) is 18.4. The highest BCUT2D eigenvalue weighted by Crippen LogP contribution is 2.41. The Morgan fingerprint density at radius 1 is 0.676 bits per heavy atom. The van der Waals surface area contributed by atoms with Gasteiger partial charge in [-0.3, -0.25) is 9.59 Å². The number of methoxy groups -OCH3 is 2. The van der Waals surface area contributed by atoms with Crippen LogP contribution >= 0.6 is 0 Å². The number of ketones is 1. The van der Waals surface area contributed by atoms with Gasteiger partial charge in [0, 0.05) is 24.8 Å². The van der Waals surface area contributed by atoms with Gasteiger partial charge in [0.2, 0.25) is 5.75 Å². The zero-order chi connectivity index (χ0) is 27.3. The van der Waals surface area contributed by atoms with Crippen molar-refractivity contribution < 1.29 is 29.3 Å². The average Bonchev–Trinajstić information content (AvgIpc) is 2.87. The van der Waals surface area contributed by atoms with Gasteiger partial charge < -0.3 is 19.7 Å². The molecule has 1 rings (SSSR count).